The molecule has 1 saturated heterocycles. The lowest BCUT2D eigenvalue weighted by molar-refractivity contribution is 0.0600. The van der Waals surface area contributed by atoms with Gasteiger partial charge in [-0.15, -0.1) is 0 Å². The number of anilines is 1. The van der Waals surface area contributed by atoms with E-state index in [0.29, 0.717) is 5.56 Å². The zero-order chi connectivity index (χ0) is 17.6. The number of piperazine rings is 1. The largest absolute Gasteiger partial charge is 0.465 e. The number of hydrogen-bond donors (Lipinski definition) is 1. The first-order valence-corrected chi connectivity index (χ1v) is 8.54. The van der Waals surface area contributed by atoms with E-state index in [9.17, 15) is 9.90 Å². The van der Waals surface area contributed by atoms with Crippen LogP contribution >= 0.6 is 0 Å². The first-order chi connectivity index (χ1) is 12.2. The number of nitrogens with zero attached hydrogens (tertiary/aromatic N) is 2. The van der Waals surface area contributed by atoms with Crippen molar-refractivity contribution in [3.8, 4) is 0 Å². The first-order valence-electron chi connectivity index (χ1n) is 8.54. The van der Waals surface area contributed by atoms with Crippen LogP contribution in [-0.2, 0) is 11.3 Å². The SMILES string of the molecule is COC(=O)c1ccccc1N1CCN(Cc2ccccc2)CC1CO. The predicted molar refractivity (Wildman–Crippen MR) is 97.7 cm³/mol. The fourth-order valence-corrected chi connectivity index (χ4v) is 3.38. The summed E-state index contributed by atoms with van der Waals surface area (Å²) >= 11 is 0. The van der Waals surface area contributed by atoms with Gasteiger partial charge in [0, 0.05) is 26.2 Å². The number of benzene rings is 2. The molecular weight excluding hydrogens is 316 g/mol. The molecule has 1 aliphatic heterocycles. The maximum Gasteiger partial charge on any atom is 0.339 e. The Labute approximate surface area is 148 Å². The minimum Gasteiger partial charge on any atom is -0.465 e. The Morgan fingerprint density at radius 1 is 1.12 bits per heavy atom. The number of ether oxygens (including phenoxy) is 1. The lowest BCUT2D eigenvalue weighted by Gasteiger charge is -2.42. The van der Waals surface area contributed by atoms with Crippen LogP contribution in [0.4, 0.5) is 5.69 Å². The van der Waals surface area contributed by atoms with Crippen LogP contribution in [0.25, 0.3) is 0 Å². The highest BCUT2D eigenvalue weighted by Crippen LogP contribution is 2.26. The van der Waals surface area contributed by atoms with Gasteiger partial charge >= 0.3 is 5.97 Å². The van der Waals surface area contributed by atoms with E-state index in [2.05, 4.69) is 21.9 Å². The van der Waals surface area contributed by atoms with Gasteiger partial charge in [0.25, 0.3) is 0 Å². The molecule has 3 rings (SSSR count). The van der Waals surface area contributed by atoms with E-state index in [1.54, 1.807) is 6.07 Å². The lowest BCUT2D eigenvalue weighted by atomic mass is 10.1. The van der Waals surface area contributed by atoms with Crippen LogP contribution in [0.15, 0.2) is 54.6 Å². The van der Waals surface area contributed by atoms with Gasteiger partial charge in [-0.2, -0.15) is 0 Å². The summed E-state index contributed by atoms with van der Waals surface area (Å²) in [5.74, 6) is -0.348. The molecule has 132 valence electrons. The van der Waals surface area contributed by atoms with Crippen molar-refractivity contribution in [2.75, 3.05) is 38.3 Å². The van der Waals surface area contributed by atoms with Crippen molar-refractivity contribution in [3.63, 3.8) is 0 Å². The Morgan fingerprint density at radius 2 is 1.84 bits per heavy atom. The van der Waals surface area contributed by atoms with E-state index in [4.69, 9.17) is 4.74 Å². The molecule has 1 unspecified atom stereocenters. The molecule has 0 bridgehead atoms. The van der Waals surface area contributed by atoms with Crippen molar-refractivity contribution in [1.82, 2.24) is 4.90 Å². The highest BCUT2D eigenvalue weighted by Gasteiger charge is 2.29. The Kier molecular flexibility index (Phi) is 5.68. The monoisotopic (exact) mass is 340 g/mol. The van der Waals surface area contributed by atoms with Gasteiger partial charge in [-0.1, -0.05) is 42.5 Å². The molecular formula is C20H24N2O3. The molecule has 0 aliphatic carbocycles. The van der Waals surface area contributed by atoms with Crippen LogP contribution in [-0.4, -0.2) is 55.4 Å². The van der Waals surface area contributed by atoms with Gasteiger partial charge in [0.05, 0.1) is 31.0 Å². The smallest absolute Gasteiger partial charge is 0.339 e. The summed E-state index contributed by atoms with van der Waals surface area (Å²) in [4.78, 5) is 16.5. The Hall–Kier alpha value is -2.37. The number of rotatable bonds is 5. The minimum absolute atomic E-state index is 0.0425. The average Bonchev–Trinajstić information content (AvgIpc) is 2.68. The summed E-state index contributed by atoms with van der Waals surface area (Å²) in [5.41, 5.74) is 2.63. The second-order valence-electron chi connectivity index (χ2n) is 6.26. The summed E-state index contributed by atoms with van der Waals surface area (Å²) in [5, 5.41) is 9.91. The topological polar surface area (TPSA) is 53.0 Å². The van der Waals surface area contributed by atoms with Gasteiger partial charge in [0.1, 0.15) is 0 Å². The van der Waals surface area contributed by atoms with Gasteiger partial charge in [0.2, 0.25) is 0 Å². The molecule has 5 heteroatoms. The molecule has 2 aromatic carbocycles. The highest BCUT2D eigenvalue weighted by atomic mass is 16.5. The summed E-state index contributed by atoms with van der Waals surface area (Å²) in [6, 6.07) is 17.7. The van der Waals surface area contributed by atoms with Gasteiger partial charge in [-0.25, -0.2) is 4.79 Å². The predicted octanol–water partition coefficient (Wildman–Crippen LogP) is 2.16. The number of aliphatic hydroxyl groups is 1. The molecule has 25 heavy (non-hydrogen) atoms. The molecule has 1 aliphatic rings. The molecule has 1 fully saturated rings. The molecule has 5 nitrogen and oxygen atoms in total. The number of carbonyl (C=O) groups is 1. The van der Waals surface area contributed by atoms with E-state index < -0.39 is 0 Å². The van der Waals surface area contributed by atoms with E-state index in [0.717, 1.165) is 31.9 Å². The van der Waals surface area contributed by atoms with Gasteiger partial charge in [0.15, 0.2) is 0 Å². The third kappa shape index (κ3) is 4.00. The molecule has 0 radical (unpaired) electrons. The van der Waals surface area contributed by atoms with E-state index >= 15 is 0 Å². The average molecular weight is 340 g/mol. The minimum atomic E-state index is -0.348. The Bertz CT molecular complexity index is 705. The number of hydrogen-bond acceptors (Lipinski definition) is 5. The molecule has 0 saturated carbocycles. The van der Waals surface area contributed by atoms with E-state index in [-0.39, 0.29) is 18.6 Å². The van der Waals surface area contributed by atoms with Gasteiger partial charge in [-0.3, -0.25) is 4.90 Å². The van der Waals surface area contributed by atoms with Crippen LogP contribution in [0, 0.1) is 0 Å². The van der Waals surface area contributed by atoms with Crippen molar-refractivity contribution in [2.45, 2.75) is 12.6 Å². The summed E-state index contributed by atoms with van der Waals surface area (Å²) in [6.45, 7) is 3.29. The number of methoxy groups -OCH3 is 1. The second-order valence-corrected chi connectivity index (χ2v) is 6.26. The molecule has 2 aromatic rings. The van der Waals surface area contributed by atoms with E-state index in [1.807, 2.05) is 36.4 Å². The van der Waals surface area contributed by atoms with Crippen LogP contribution in [0.3, 0.4) is 0 Å². The van der Waals surface area contributed by atoms with Crippen molar-refractivity contribution in [3.05, 3.63) is 65.7 Å². The van der Waals surface area contributed by atoms with Crippen LogP contribution < -0.4 is 4.90 Å². The standard InChI is InChI=1S/C20H24N2O3/c1-25-20(24)18-9-5-6-10-19(18)22-12-11-21(14-17(22)15-23)13-16-7-3-2-4-8-16/h2-10,17,23H,11-15H2,1H3. The number of carbonyl (C=O) groups excluding carboxylic acids is 1. The first kappa shape index (κ1) is 17.5. The summed E-state index contributed by atoms with van der Waals surface area (Å²) < 4.78 is 4.90. The molecule has 1 N–H and O–H groups in total. The number of esters is 1. The Balaban J connectivity index is 1.76. The fraction of sp³-hybridized carbons (Fsp3) is 0.350. The van der Waals surface area contributed by atoms with Crippen LogP contribution in [0.1, 0.15) is 15.9 Å². The number of para-hydroxylation sites is 1. The van der Waals surface area contributed by atoms with Crippen LogP contribution in [0.2, 0.25) is 0 Å². The zero-order valence-corrected chi connectivity index (χ0v) is 14.5. The van der Waals surface area contributed by atoms with E-state index in [1.165, 1.54) is 12.7 Å². The van der Waals surface area contributed by atoms with Crippen molar-refractivity contribution < 1.29 is 14.6 Å². The van der Waals surface area contributed by atoms with Gasteiger partial charge in [-0.05, 0) is 17.7 Å². The van der Waals surface area contributed by atoms with Crippen molar-refractivity contribution in [1.29, 1.82) is 0 Å². The third-order valence-corrected chi connectivity index (χ3v) is 4.65. The summed E-state index contributed by atoms with van der Waals surface area (Å²) in [6.07, 6.45) is 0. The summed E-state index contributed by atoms with van der Waals surface area (Å²) in [7, 11) is 1.39. The third-order valence-electron chi connectivity index (χ3n) is 4.65. The maximum absolute atomic E-state index is 12.1. The maximum atomic E-state index is 12.1. The fourth-order valence-electron chi connectivity index (χ4n) is 3.38. The molecule has 1 heterocycles. The molecule has 0 aromatic heterocycles. The van der Waals surface area contributed by atoms with Crippen LogP contribution in [0.5, 0.6) is 0 Å². The van der Waals surface area contributed by atoms with Crippen molar-refractivity contribution in [2.24, 2.45) is 0 Å². The second kappa shape index (κ2) is 8.14. The molecule has 0 amide bonds. The zero-order valence-electron chi connectivity index (χ0n) is 14.5. The Morgan fingerprint density at radius 3 is 2.56 bits per heavy atom. The quantitative estimate of drug-likeness (QED) is 0.846. The van der Waals surface area contributed by atoms with Crippen molar-refractivity contribution >= 4 is 11.7 Å². The highest BCUT2D eigenvalue weighted by molar-refractivity contribution is 5.95. The molecule has 0 spiro atoms. The lowest BCUT2D eigenvalue weighted by Crippen LogP contribution is -2.54. The van der Waals surface area contributed by atoms with Gasteiger partial charge < -0.3 is 14.7 Å². The normalized spacial score (nSPS) is 18.2. The number of aliphatic hydroxyl groups excluding tert-OH is 1. The molecule has 1 atom stereocenters.